The number of hydrogen-bond donors (Lipinski definition) is 1. The van der Waals surface area contributed by atoms with Crippen LogP contribution in [-0.2, 0) is 6.54 Å². The number of furan rings is 1. The predicted octanol–water partition coefficient (Wildman–Crippen LogP) is 1.58. The maximum atomic E-state index is 11.5. The normalized spacial score (nSPS) is 15.2. The van der Waals surface area contributed by atoms with Crippen LogP contribution >= 0.6 is 0 Å². The van der Waals surface area contributed by atoms with Gasteiger partial charge in [-0.25, -0.2) is 4.79 Å². The second-order valence-electron chi connectivity index (χ2n) is 3.71. The second-order valence-corrected chi connectivity index (χ2v) is 3.71. The fraction of sp³-hybridized carbons (Fsp3) is 0.500. The minimum atomic E-state index is -0.00583. The van der Waals surface area contributed by atoms with Gasteiger partial charge in [0.1, 0.15) is 0 Å². The Morgan fingerprint density at radius 3 is 3.07 bits per heavy atom. The molecule has 2 rings (SSSR count). The second kappa shape index (κ2) is 3.74. The molecule has 0 aliphatic heterocycles. The van der Waals surface area contributed by atoms with Gasteiger partial charge < -0.3 is 14.6 Å². The van der Waals surface area contributed by atoms with E-state index < -0.39 is 0 Å². The Kier molecular flexibility index (Phi) is 2.43. The fourth-order valence-electron chi connectivity index (χ4n) is 1.24. The summed E-state index contributed by atoms with van der Waals surface area (Å²) < 4.78 is 4.93. The zero-order valence-corrected chi connectivity index (χ0v) is 8.19. The standard InChI is InChI=1S/C10H14N2O2/c1-12(6-8-4-5-14-7-8)10(13)11-9-2-3-9/h4-5,7,9H,2-3,6H2,1H3,(H,11,13). The lowest BCUT2D eigenvalue weighted by Crippen LogP contribution is -2.37. The smallest absolute Gasteiger partial charge is 0.317 e. The summed E-state index contributed by atoms with van der Waals surface area (Å²) >= 11 is 0. The van der Waals surface area contributed by atoms with Gasteiger partial charge in [-0.3, -0.25) is 0 Å². The van der Waals surface area contributed by atoms with Crippen LogP contribution in [-0.4, -0.2) is 24.0 Å². The van der Waals surface area contributed by atoms with Crippen LogP contribution in [0.3, 0.4) is 0 Å². The monoisotopic (exact) mass is 194 g/mol. The van der Waals surface area contributed by atoms with E-state index in [1.807, 2.05) is 6.07 Å². The molecule has 0 unspecified atom stereocenters. The van der Waals surface area contributed by atoms with Crippen LogP contribution in [0.15, 0.2) is 23.0 Å². The van der Waals surface area contributed by atoms with Gasteiger partial charge in [-0.05, 0) is 18.9 Å². The maximum absolute atomic E-state index is 11.5. The summed E-state index contributed by atoms with van der Waals surface area (Å²) in [5, 5.41) is 2.92. The Morgan fingerprint density at radius 1 is 1.71 bits per heavy atom. The summed E-state index contributed by atoms with van der Waals surface area (Å²) in [4.78, 5) is 13.2. The van der Waals surface area contributed by atoms with Crippen LogP contribution < -0.4 is 5.32 Å². The van der Waals surface area contributed by atoms with Gasteiger partial charge in [0, 0.05) is 18.7 Å². The van der Waals surface area contributed by atoms with Gasteiger partial charge in [-0.2, -0.15) is 0 Å². The number of carbonyl (C=O) groups excluding carboxylic acids is 1. The summed E-state index contributed by atoms with van der Waals surface area (Å²) in [6.07, 6.45) is 5.50. The average molecular weight is 194 g/mol. The third-order valence-corrected chi connectivity index (χ3v) is 2.25. The van der Waals surface area contributed by atoms with Crippen LogP contribution in [0.4, 0.5) is 4.79 Å². The fourth-order valence-corrected chi connectivity index (χ4v) is 1.24. The minimum Gasteiger partial charge on any atom is -0.472 e. The van der Waals surface area contributed by atoms with Crippen LogP contribution in [0.25, 0.3) is 0 Å². The van der Waals surface area contributed by atoms with E-state index in [9.17, 15) is 4.79 Å². The summed E-state index contributed by atoms with van der Waals surface area (Å²) in [6, 6.07) is 2.27. The van der Waals surface area contributed by atoms with E-state index in [2.05, 4.69) is 5.32 Å². The van der Waals surface area contributed by atoms with E-state index in [1.165, 1.54) is 0 Å². The maximum Gasteiger partial charge on any atom is 0.317 e. The molecule has 1 saturated carbocycles. The van der Waals surface area contributed by atoms with E-state index in [0.717, 1.165) is 18.4 Å². The van der Waals surface area contributed by atoms with Crippen LogP contribution in [0.2, 0.25) is 0 Å². The molecule has 1 heterocycles. The quantitative estimate of drug-likeness (QED) is 0.794. The Morgan fingerprint density at radius 2 is 2.50 bits per heavy atom. The Labute approximate surface area is 82.9 Å². The number of rotatable bonds is 3. The van der Waals surface area contributed by atoms with Gasteiger partial charge in [-0.15, -0.1) is 0 Å². The van der Waals surface area contributed by atoms with Crippen molar-refractivity contribution in [3.8, 4) is 0 Å². The predicted molar refractivity (Wildman–Crippen MR) is 51.7 cm³/mol. The van der Waals surface area contributed by atoms with E-state index in [0.29, 0.717) is 12.6 Å². The van der Waals surface area contributed by atoms with Crippen molar-refractivity contribution in [3.05, 3.63) is 24.2 Å². The molecule has 1 fully saturated rings. The van der Waals surface area contributed by atoms with Gasteiger partial charge in [0.2, 0.25) is 0 Å². The van der Waals surface area contributed by atoms with Crippen molar-refractivity contribution >= 4 is 6.03 Å². The first kappa shape index (κ1) is 9.12. The van der Waals surface area contributed by atoms with Crippen molar-refractivity contribution in [2.24, 2.45) is 0 Å². The van der Waals surface area contributed by atoms with E-state index >= 15 is 0 Å². The highest BCUT2D eigenvalue weighted by Gasteiger charge is 2.24. The van der Waals surface area contributed by atoms with Crippen molar-refractivity contribution in [2.75, 3.05) is 7.05 Å². The molecule has 14 heavy (non-hydrogen) atoms. The molecular weight excluding hydrogens is 180 g/mol. The highest BCUT2D eigenvalue weighted by Crippen LogP contribution is 2.18. The molecule has 4 nitrogen and oxygen atoms in total. The Bertz CT molecular complexity index is 304. The molecule has 0 bridgehead atoms. The molecule has 0 radical (unpaired) electrons. The van der Waals surface area contributed by atoms with Gasteiger partial charge in [-0.1, -0.05) is 0 Å². The molecule has 4 heteroatoms. The average Bonchev–Trinajstić information content (AvgIpc) is 2.81. The van der Waals surface area contributed by atoms with Crippen LogP contribution in [0.5, 0.6) is 0 Å². The summed E-state index contributed by atoms with van der Waals surface area (Å²) in [7, 11) is 1.78. The molecular formula is C10H14N2O2. The van der Waals surface area contributed by atoms with Crippen LogP contribution in [0.1, 0.15) is 18.4 Å². The number of nitrogens with zero attached hydrogens (tertiary/aromatic N) is 1. The molecule has 1 aromatic rings. The molecule has 0 spiro atoms. The molecule has 0 saturated heterocycles. The third-order valence-electron chi connectivity index (χ3n) is 2.25. The van der Waals surface area contributed by atoms with Crippen molar-refractivity contribution in [1.82, 2.24) is 10.2 Å². The van der Waals surface area contributed by atoms with Gasteiger partial charge in [0.05, 0.1) is 19.1 Å². The minimum absolute atomic E-state index is 0.00583. The summed E-state index contributed by atoms with van der Waals surface area (Å²) in [5.74, 6) is 0. The molecule has 1 aliphatic rings. The molecule has 2 amide bonds. The largest absolute Gasteiger partial charge is 0.472 e. The summed E-state index contributed by atoms with van der Waals surface area (Å²) in [5.41, 5.74) is 1.01. The highest BCUT2D eigenvalue weighted by molar-refractivity contribution is 5.74. The molecule has 0 aromatic carbocycles. The van der Waals surface area contributed by atoms with Gasteiger partial charge in [0.15, 0.2) is 0 Å². The van der Waals surface area contributed by atoms with Gasteiger partial charge >= 0.3 is 6.03 Å². The molecule has 1 N–H and O–H groups in total. The zero-order valence-electron chi connectivity index (χ0n) is 8.19. The third kappa shape index (κ3) is 2.28. The SMILES string of the molecule is CN(Cc1ccoc1)C(=O)NC1CC1. The topological polar surface area (TPSA) is 45.5 Å². The Hall–Kier alpha value is -1.45. The number of urea groups is 1. The number of hydrogen-bond acceptors (Lipinski definition) is 2. The first-order chi connectivity index (χ1) is 6.75. The van der Waals surface area contributed by atoms with Crippen LogP contribution in [0, 0.1) is 0 Å². The van der Waals surface area contributed by atoms with E-state index in [4.69, 9.17) is 4.42 Å². The van der Waals surface area contributed by atoms with E-state index in [-0.39, 0.29) is 6.03 Å². The number of amides is 2. The summed E-state index contributed by atoms with van der Waals surface area (Å²) in [6.45, 7) is 0.592. The lowest BCUT2D eigenvalue weighted by atomic mass is 10.3. The van der Waals surface area contributed by atoms with Crippen molar-refractivity contribution < 1.29 is 9.21 Å². The lowest BCUT2D eigenvalue weighted by Gasteiger charge is -2.16. The van der Waals surface area contributed by atoms with Gasteiger partial charge in [0.25, 0.3) is 0 Å². The molecule has 1 aromatic heterocycles. The first-order valence-corrected chi connectivity index (χ1v) is 4.78. The van der Waals surface area contributed by atoms with E-state index in [1.54, 1.807) is 24.5 Å². The first-order valence-electron chi connectivity index (χ1n) is 4.78. The Balaban J connectivity index is 1.81. The molecule has 1 aliphatic carbocycles. The van der Waals surface area contributed by atoms with Crippen molar-refractivity contribution in [1.29, 1.82) is 0 Å². The lowest BCUT2D eigenvalue weighted by molar-refractivity contribution is 0.206. The molecule has 76 valence electrons. The highest BCUT2D eigenvalue weighted by atomic mass is 16.3. The van der Waals surface area contributed by atoms with Crippen molar-refractivity contribution in [3.63, 3.8) is 0 Å². The van der Waals surface area contributed by atoms with Crippen molar-refractivity contribution in [2.45, 2.75) is 25.4 Å². The molecule has 0 atom stereocenters. The number of carbonyl (C=O) groups is 1. The number of nitrogens with one attached hydrogen (secondary N) is 1. The zero-order chi connectivity index (χ0) is 9.97.